The molecule has 5 nitrogen and oxygen atoms in total. The minimum absolute atomic E-state index is 0.498. The van der Waals surface area contributed by atoms with Crippen molar-refractivity contribution >= 4 is 17.1 Å². The normalized spacial score (nSPS) is 13.2. The zero-order chi connectivity index (χ0) is 12.1. The summed E-state index contributed by atoms with van der Waals surface area (Å²) < 4.78 is 0. The third-order valence-corrected chi connectivity index (χ3v) is 2.45. The highest BCUT2D eigenvalue weighted by Gasteiger charge is 2.12. The average Bonchev–Trinajstić information content (AvgIpc) is 2.59. The summed E-state index contributed by atoms with van der Waals surface area (Å²) in [6, 6.07) is 0. The topological polar surface area (TPSA) is 93.1 Å². The average molecular weight is 221 g/mol. The van der Waals surface area contributed by atoms with Crippen LogP contribution in [-0.4, -0.2) is 22.5 Å². The van der Waals surface area contributed by atoms with Gasteiger partial charge in [-0.05, 0) is 20.3 Å². The number of nitrogens with zero attached hydrogens (tertiary/aromatic N) is 2. The quantitative estimate of drug-likeness (QED) is 0.672. The Balaban J connectivity index is 3.05. The molecule has 0 aliphatic carbocycles. The highest BCUT2D eigenvalue weighted by molar-refractivity contribution is 6.22. The molecule has 0 fully saturated rings. The fourth-order valence-corrected chi connectivity index (χ4v) is 1.42. The summed E-state index contributed by atoms with van der Waals surface area (Å²) >= 11 is 0. The number of hydrogen-bond donors (Lipinski definition) is 3. The molecule has 0 amide bonds. The van der Waals surface area contributed by atoms with Gasteiger partial charge in [0.15, 0.2) is 0 Å². The molecule has 0 radical (unpaired) electrons. The predicted octanol–water partition coefficient (Wildman–Crippen LogP) is 1.47. The molecule has 16 heavy (non-hydrogen) atoms. The van der Waals surface area contributed by atoms with Crippen molar-refractivity contribution in [2.24, 2.45) is 10.7 Å². The molecule has 5 N–H and O–H groups in total. The van der Waals surface area contributed by atoms with Gasteiger partial charge in [-0.3, -0.25) is 10.1 Å². The van der Waals surface area contributed by atoms with Gasteiger partial charge in [0.2, 0.25) is 0 Å². The standard InChI is InChI=1S/C11H19N5/c1-4-5-14-8(3)9(6-12)10-7(2)11(13)16-15-10/h6H,4-5,12H2,1-3H3,(H3,13,15,16)/b9-6+,14-8?. The van der Waals surface area contributed by atoms with Crippen LogP contribution in [0.15, 0.2) is 11.2 Å². The number of aromatic amines is 1. The fourth-order valence-electron chi connectivity index (χ4n) is 1.42. The van der Waals surface area contributed by atoms with Gasteiger partial charge >= 0.3 is 0 Å². The molecule has 0 aromatic carbocycles. The van der Waals surface area contributed by atoms with Crippen molar-refractivity contribution in [3.8, 4) is 0 Å². The largest absolute Gasteiger partial charge is 0.404 e. The minimum atomic E-state index is 0.498. The molecule has 0 unspecified atom stereocenters. The van der Waals surface area contributed by atoms with Gasteiger partial charge < -0.3 is 11.5 Å². The summed E-state index contributed by atoms with van der Waals surface area (Å²) in [5.41, 5.74) is 14.8. The van der Waals surface area contributed by atoms with E-state index in [0.717, 1.165) is 35.5 Å². The number of aliphatic imine (C=N–C) groups is 1. The lowest BCUT2D eigenvalue weighted by molar-refractivity contribution is 0.932. The van der Waals surface area contributed by atoms with Gasteiger partial charge in [0, 0.05) is 29.6 Å². The van der Waals surface area contributed by atoms with Crippen molar-refractivity contribution in [1.82, 2.24) is 10.2 Å². The summed E-state index contributed by atoms with van der Waals surface area (Å²) in [5, 5.41) is 6.83. The zero-order valence-electron chi connectivity index (χ0n) is 10.0. The third-order valence-electron chi connectivity index (χ3n) is 2.45. The molecule has 0 atom stereocenters. The van der Waals surface area contributed by atoms with Crippen LogP contribution in [0.25, 0.3) is 5.57 Å². The van der Waals surface area contributed by atoms with E-state index in [4.69, 9.17) is 11.5 Å². The molecule has 1 aromatic rings. The zero-order valence-corrected chi connectivity index (χ0v) is 10.0. The number of nitrogen functional groups attached to an aromatic ring is 1. The van der Waals surface area contributed by atoms with Crippen molar-refractivity contribution in [3.63, 3.8) is 0 Å². The second-order valence-electron chi connectivity index (χ2n) is 3.66. The van der Waals surface area contributed by atoms with Gasteiger partial charge in [-0.15, -0.1) is 0 Å². The van der Waals surface area contributed by atoms with E-state index in [-0.39, 0.29) is 0 Å². The first-order chi connectivity index (χ1) is 7.61. The minimum Gasteiger partial charge on any atom is -0.404 e. The second-order valence-corrected chi connectivity index (χ2v) is 3.66. The van der Waals surface area contributed by atoms with E-state index in [2.05, 4.69) is 22.1 Å². The maximum Gasteiger partial charge on any atom is 0.148 e. The van der Waals surface area contributed by atoms with Crippen LogP contribution < -0.4 is 11.5 Å². The lowest BCUT2D eigenvalue weighted by Crippen LogP contribution is -2.03. The molecular formula is C11H19N5. The van der Waals surface area contributed by atoms with E-state index in [0.29, 0.717) is 5.82 Å². The number of hydrogen-bond acceptors (Lipinski definition) is 4. The van der Waals surface area contributed by atoms with Crippen LogP contribution in [0.5, 0.6) is 0 Å². The van der Waals surface area contributed by atoms with Crippen molar-refractivity contribution in [1.29, 1.82) is 0 Å². The maximum absolute atomic E-state index is 5.68. The molecule has 0 aliphatic rings. The molecular weight excluding hydrogens is 202 g/mol. The number of anilines is 1. The van der Waals surface area contributed by atoms with Crippen LogP contribution in [0, 0.1) is 6.92 Å². The Morgan fingerprint density at radius 2 is 2.25 bits per heavy atom. The Bertz CT molecular complexity index is 414. The van der Waals surface area contributed by atoms with Crippen LogP contribution in [0.4, 0.5) is 5.82 Å². The molecule has 88 valence electrons. The number of nitrogens with two attached hydrogens (primary N) is 2. The first-order valence-electron chi connectivity index (χ1n) is 5.35. The highest BCUT2D eigenvalue weighted by Crippen LogP contribution is 2.20. The highest BCUT2D eigenvalue weighted by atomic mass is 15.2. The van der Waals surface area contributed by atoms with Crippen LogP contribution in [-0.2, 0) is 0 Å². The summed E-state index contributed by atoms with van der Waals surface area (Å²) in [6.07, 6.45) is 2.55. The number of aromatic nitrogens is 2. The lowest BCUT2D eigenvalue weighted by Gasteiger charge is -2.05. The SMILES string of the molecule is CCCN=C(C)/C(=C\N)c1[nH]nc(N)c1C. The summed E-state index contributed by atoms with van der Waals surface area (Å²) in [7, 11) is 0. The second kappa shape index (κ2) is 5.34. The number of H-pyrrole nitrogens is 1. The van der Waals surface area contributed by atoms with Crippen molar-refractivity contribution < 1.29 is 0 Å². The fraction of sp³-hybridized carbons (Fsp3) is 0.455. The molecule has 1 aromatic heterocycles. The summed E-state index contributed by atoms with van der Waals surface area (Å²) in [6.45, 7) is 6.73. The summed E-state index contributed by atoms with van der Waals surface area (Å²) in [4.78, 5) is 4.42. The van der Waals surface area contributed by atoms with Gasteiger partial charge in [-0.2, -0.15) is 5.10 Å². The Hall–Kier alpha value is -1.78. The van der Waals surface area contributed by atoms with Crippen molar-refractivity contribution in [2.75, 3.05) is 12.3 Å². The Morgan fingerprint density at radius 1 is 1.56 bits per heavy atom. The van der Waals surface area contributed by atoms with Gasteiger partial charge in [0.05, 0.1) is 5.69 Å². The molecule has 0 saturated heterocycles. The van der Waals surface area contributed by atoms with E-state index in [9.17, 15) is 0 Å². The smallest absolute Gasteiger partial charge is 0.148 e. The number of rotatable bonds is 4. The van der Waals surface area contributed by atoms with E-state index >= 15 is 0 Å². The van der Waals surface area contributed by atoms with Crippen LogP contribution >= 0.6 is 0 Å². The van der Waals surface area contributed by atoms with Crippen molar-refractivity contribution in [2.45, 2.75) is 27.2 Å². The molecule has 5 heteroatoms. The van der Waals surface area contributed by atoms with E-state index in [1.54, 1.807) is 0 Å². The van der Waals surface area contributed by atoms with E-state index in [1.165, 1.54) is 6.20 Å². The van der Waals surface area contributed by atoms with Gasteiger partial charge in [0.25, 0.3) is 0 Å². The first kappa shape index (κ1) is 12.3. The Labute approximate surface area is 95.6 Å². The maximum atomic E-state index is 5.68. The van der Waals surface area contributed by atoms with E-state index < -0.39 is 0 Å². The molecule has 1 rings (SSSR count). The Kier molecular flexibility index (Phi) is 4.10. The molecule has 0 aliphatic heterocycles. The first-order valence-corrected chi connectivity index (χ1v) is 5.35. The van der Waals surface area contributed by atoms with Gasteiger partial charge in [-0.25, -0.2) is 0 Å². The van der Waals surface area contributed by atoms with Crippen LogP contribution in [0.3, 0.4) is 0 Å². The number of allylic oxidation sites excluding steroid dienone is 1. The third kappa shape index (κ3) is 2.42. The molecule has 1 heterocycles. The van der Waals surface area contributed by atoms with E-state index in [1.807, 2.05) is 13.8 Å². The molecule has 0 bridgehead atoms. The molecule has 0 saturated carbocycles. The van der Waals surface area contributed by atoms with Gasteiger partial charge in [-0.1, -0.05) is 6.92 Å². The predicted molar refractivity (Wildman–Crippen MR) is 68.2 cm³/mol. The Morgan fingerprint density at radius 3 is 2.69 bits per heavy atom. The monoisotopic (exact) mass is 221 g/mol. The van der Waals surface area contributed by atoms with Crippen molar-refractivity contribution in [3.05, 3.63) is 17.5 Å². The van der Waals surface area contributed by atoms with Gasteiger partial charge in [0.1, 0.15) is 5.82 Å². The number of nitrogens with one attached hydrogen (secondary N) is 1. The molecule has 0 spiro atoms. The van der Waals surface area contributed by atoms with Crippen LogP contribution in [0.2, 0.25) is 0 Å². The lowest BCUT2D eigenvalue weighted by atomic mass is 10.1. The van der Waals surface area contributed by atoms with Crippen LogP contribution in [0.1, 0.15) is 31.5 Å². The summed E-state index contributed by atoms with van der Waals surface area (Å²) in [5.74, 6) is 0.498.